The fourth-order valence-corrected chi connectivity index (χ4v) is 1.41. The first-order valence-electron chi connectivity index (χ1n) is 4.52. The summed E-state index contributed by atoms with van der Waals surface area (Å²) >= 11 is 0. The van der Waals surface area contributed by atoms with Gasteiger partial charge in [-0.3, -0.25) is 0 Å². The minimum absolute atomic E-state index is 0.820. The maximum absolute atomic E-state index is 5.84. The summed E-state index contributed by atoms with van der Waals surface area (Å²) in [6, 6.07) is 0. The standard InChI is InChI=1S/C9H17N3/c1-4-6-8-11-7(3)9(10)12(8)5-2/h4-6,10H2,1-3H3. The van der Waals surface area contributed by atoms with Crippen molar-refractivity contribution in [3.8, 4) is 0 Å². The zero-order valence-corrected chi connectivity index (χ0v) is 8.09. The molecule has 0 atom stereocenters. The molecule has 0 radical (unpaired) electrons. The third-order valence-corrected chi connectivity index (χ3v) is 2.06. The zero-order valence-electron chi connectivity index (χ0n) is 8.09. The van der Waals surface area contributed by atoms with Crippen LogP contribution in [0, 0.1) is 6.92 Å². The molecular formula is C9H17N3. The Morgan fingerprint density at radius 3 is 2.58 bits per heavy atom. The van der Waals surface area contributed by atoms with Gasteiger partial charge in [-0.1, -0.05) is 6.92 Å². The molecule has 1 aromatic rings. The minimum atomic E-state index is 0.820. The third kappa shape index (κ3) is 1.44. The number of hydrogen-bond acceptors (Lipinski definition) is 2. The number of anilines is 1. The smallest absolute Gasteiger partial charge is 0.126 e. The summed E-state index contributed by atoms with van der Waals surface area (Å²) in [7, 11) is 0. The van der Waals surface area contributed by atoms with Gasteiger partial charge in [-0.25, -0.2) is 4.98 Å². The Kier molecular flexibility index (Phi) is 2.74. The molecule has 0 aromatic carbocycles. The molecule has 0 saturated carbocycles. The fourth-order valence-electron chi connectivity index (χ4n) is 1.41. The van der Waals surface area contributed by atoms with E-state index in [2.05, 4.69) is 23.4 Å². The van der Waals surface area contributed by atoms with E-state index in [9.17, 15) is 0 Å². The van der Waals surface area contributed by atoms with Gasteiger partial charge in [0.05, 0.1) is 5.69 Å². The van der Waals surface area contributed by atoms with Crippen LogP contribution in [0.15, 0.2) is 0 Å². The summed E-state index contributed by atoms with van der Waals surface area (Å²) < 4.78 is 2.08. The third-order valence-electron chi connectivity index (χ3n) is 2.06. The highest BCUT2D eigenvalue weighted by Crippen LogP contribution is 2.14. The maximum atomic E-state index is 5.84. The lowest BCUT2D eigenvalue weighted by Crippen LogP contribution is -2.05. The van der Waals surface area contributed by atoms with E-state index in [0.717, 1.165) is 36.7 Å². The highest BCUT2D eigenvalue weighted by molar-refractivity contribution is 5.37. The van der Waals surface area contributed by atoms with Gasteiger partial charge < -0.3 is 10.3 Å². The van der Waals surface area contributed by atoms with Crippen LogP contribution in [0.25, 0.3) is 0 Å². The van der Waals surface area contributed by atoms with E-state index in [4.69, 9.17) is 5.73 Å². The van der Waals surface area contributed by atoms with Crippen molar-refractivity contribution in [3.63, 3.8) is 0 Å². The van der Waals surface area contributed by atoms with Gasteiger partial charge in [0.1, 0.15) is 11.6 Å². The van der Waals surface area contributed by atoms with Crippen LogP contribution >= 0.6 is 0 Å². The van der Waals surface area contributed by atoms with E-state index in [0.29, 0.717) is 0 Å². The molecule has 1 rings (SSSR count). The van der Waals surface area contributed by atoms with Crippen LogP contribution < -0.4 is 5.73 Å². The first-order chi connectivity index (χ1) is 5.70. The second-order valence-electron chi connectivity index (χ2n) is 2.99. The number of rotatable bonds is 3. The van der Waals surface area contributed by atoms with Crippen LogP contribution in [0.3, 0.4) is 0 Å². The molecule has 0 aliphatic carbocycles. The van der Waals surface area contributed by atoms with Crippen molar-refractivity contribution in [2.24, 2.45) is 0 Å². The number of hydrogen-bond donors (Lipinski definition) is 1. The topological polar surface area (TPSA) is 43.8 Å². The van der Waals surface area contributed by atoms with Crippen molar-refractivity contribution in [1.82, 2.24) is 9.55 Å². The van der Waals surface area contributed by atoms with Gasteiger partial charge in [-0.2, -0.15) is 0 Å². The van der Waals surface area contributed by atoms with E-state index in [1.54, 1.807) is 0 Å². The molecule has 3 heteroatoms. The summed E-state index contributed by atoms with van der Waals surface area (Å²) in [6.07, 6.45) is 2.14. The van der Waals surface area contributed by atoms with Gasteiger partial charge in [0.25, 0.3) is 0 Å². The quantitative estimate of drug-likeness (QED) is 0.745. The lowest BCUT2D eigenvalue weighted by molar-refractivity contribution is 0.690. The first kappa shape index (κ1) is 9.10. The van der Waals surface area contributed by atoms with Crippen molar-refractivity contribution in [2.45, 2.75) is 40.2 Å². The van der Waals surface area contributed by atoms with Crippen LogP contribution in [-0.2, 0) is 13.0 Å². The molecule has 0 aliphatic heterocycles. The molecule has 0 saturated heterocycles. The highest BCUT2D eigenvalue weighted by Gasteiger charge is 2.08. The lowest BCUT2D eigenvalue weighted by atomic mass is 10.3. The van der Waals surface area contributed by atoms with Crippen molar-refractivity contribution in [1.29, 1.82) is 0 Å². The molecule has 1 heterocycles. The Balaban J connectivity index is 3.02. The Hall–Kier alpha value is -0.990. The number of imidazole rings is 1. The zero-order chi connectivity index (χ0) is 9.14. The summed E-state index contributed by atoms with van der Waals surface area (Å²) in [5.41, 5.74) is 6.80. The van der Waals surface area contributed by atoms with Crippen LogP contribution in [-0.4, -0.2) is 9.55 Å². The lowest BCUT2D eigenvalue weighted by Gasteiger charge is -2.04. The van der Waals surface area contributed by atoms with E-state index in [1.165, 1.54) is 0 Å². The van der Waals surface area contributed by atoms with Crippen molar-refractivity contribution in [3.05, 3.63) is 11.5 Å². The number of nitrogens with zero attached hydrogens (tertiary/aromatic N) is 2. The number of aryl methyl sites for hydroxylation is 2. The van der Waals surface area contributed by atoms with Gasteiger partial charge in [0.2, 0.25) is 0 Å². The van der Waals surface area contributed by atoms with E-state index >= 15 is 0 Å². The second kappa shape index (κ2) is 3.61. The van der Waals surface area contributed by atoms with Gasteiger partial charge >= 0.3 is 0 Å². The maximum Gasteiger partial charge on any atom is 0.126 e. The first-order valence-corrected chi connectivity index (χ1v) is 4.52. The SMILES string of the molecule is CCCc1nc(C)c(N)n1CC. The van der Waals surface area contributed by atoms with Gasteiger partial charge in [-0.05, 0) is 20.3 Å². The average molecular weight is 167 g/mol. The van der Waals surface area contributed by atoms with Crippen LogP contribution in [0.2, 0.25) is 0 Å². The molecule has 0 bridgehead atoms. The van der Waals surface area contributed by atoms with Crippen LogP contribution in [0.5, 0.6) is 0 Å². The number of nitrogen functional groups attached to an aromatic ring is 1. The van der Waals surface area contributed by atoms with Crippen molar-refractivity contribution < 1.29 is 0 Å². The molecule has 68 valence electrons. The largest absolute Gasteiger partial charge is 0.384 e. The molecule has 2 N–H and O–H groups in total. The predicted octanol–water partition coefficient (Wildman–Crippen LogP) is 1.75. The Bertz CT molecular complexity index is 263. The monoisotopic (exact) mass is 167 g/mol. The molecule has 3 nitrogen and oxygen atoms in total. The minimum Gasteiger partial charge on any atom is -0.384 e. The predicted molar refractivity (Wildman–Crippen MR) is 51.0 cm³/mol. The summed E-state index contributed by atoms with van der Waals surface area (Å²) in [5.74, 6) is 1.94. The number of nitrogens with two attached hydrogens (primary N) is 1. The average Bonchev–Trinajstić information content (AvgIpc) is 2.29. The summed E-state index contributed by atoms with van der Waals surface area (Å²) in [5, 5.41) is 0. The van der Waals surface area contributed by atoms with Crippen LogP contribution in [0.4, 0.5) is 5.82 Å². The molecule has 0 amide bonds. The molecule has 0 unspecified atom stereocenters. The molecular weight excluding hydrogens is 150 g/mol. The fraction of sp³-hybridized carbons (Fsp3) is 0.667. The highest BCUT2D eigenvalue weighted by atomic mass is 15.1. The summed E-state index contributed by atoms with van der Waals surface area (Å²) in [6.45, 7) is 7.12. The number of aromatic nitrogens is 2. The molecule has 1 aromatic heterocycles. The molecule has 0 aliphatic rings. The Morgan fingerprint density at radius 1 is 1.42 bits per heavy atom. The second-order valence-corrected chi connectivity index (χ2v) is 2.99. The summed E-state index contributed by atoms with van der Waals surface area (Å²) in [4.78, 5) is 4.41. The van der Waals surface area contributed by atoms with Crippen LogP contribution in [0.1, 0.15) is 31.8 Å². The molecule has 0 fully saturated rings. The van der Waals surface area contributed by atoms with E-state index in [-0.39, 0.29) is 0 Å². The van der Waals surface area contributed by atoms with Gasteiger partial charge in [-0.15, -0.1) is 0 Å². The van der Waals surface area contributed by atoms with E-state index < -0.39 is 0 Å². The van der Waals surface area contributed by atoms with Crippen molar-refractivity contribution >= 4 is 5.82 Å². The molecule has 0 spiro atoms. The molecule has 12 heavy (non-hydrogen) atoms. The van der Waals surface area contributed by atoms with Gasteiger partial charge in [0.15, 0.2) is 0 Å². The van der Waals surface area contributed by atoms with Crippen molar-refractivity contribution in [2.75, 3.05) is 5.73 Å². The van der Waals surface area contributed by atoms with E-state index in [1.807, 2.05) is 6.92 Å². The normalized spacial score (nSPS) is 10.6. The Morgan fingerprint density at radius 2 is 2.08 bits per heavy atom. The Labute approximate surface area is 73.6 Å². The van der Waals surface area contributed by atoms with Gasteiger partial charge in [0, 0.05) is 13.0 Å².